The van der Waals surface area contributed by atoms with E-state index in [0.29, 0.717) is 24.1 Å². The largest absolute Gasteiger partial charge is 0.495 e. The lowest BCUT2D eigenvalue weighted by atomic mass is 10.0. The normalized spacial score (nSPS) is 19.4. The average Bonchev–Trinajstić information content (AvgIpc) is 3.24. The van der Waals surface area contributed by atoms with Crippen molar-refractivity contribution in [2.45, 2.75) is 19.9 Å². The van der Waals surface area contributed by atoms with Crippen LogP contribution < -0.4 is 9.64 Å². The Morgan fingerprint density at radius 1 is 1.06 bits per heavy atom. The van der Waals surface area contributed by atoms with Gasteiger partial charge >= 0.3 is 0 Å². The molecule has 2 aromatic rings. The molecule has 5 rings (SSSR count). The number of piperazine rings is 1. The van der Waals surface area contributed by atoms with E-state index in [1.807, 2.05) is 72.2 Å². The Labute approximate surface area is 209 Å². The van der Waals surface area contributed by atoms with Crippen LogP contribution >= 0.6 is 11.8 Å². The molecule has 2 amide bonds. The molecule has 1 saturated heterocycles. The van der Waals surface area contributed by atoms with Gasteiger partial charge in [-0.1, -0.05) is 49.9 Å². The van der Waals surface area contributed by atoms with Crippen LogP contribution in [-0.2, 0) is 9.59 Å². The molecule has 1 fully saturated rings. The predicted octanol–water partition coefficient (Wildman–Crippen LogP) is 3.39. The summed E-state index contributed by atoms with van der Waals surface area (Å²) in [6, 6.07) is 15.3. The summed E-state index contributed by atoms with van der Waals surface area (Å²) >= 11 is 1.38. The molecule has 0 spiro atoms. The zero-order chi connectivity index (χ0) is 24.5. The van der Waals surface area contributed by atoms with Gasteiger partial charge in [-0.3, -0.25) is 14.5 Å². The monoisotopic (exact) mass is 491 g/mol. The van der Waals surface area contributed by atoms with E-state index in [0.717, 1.165) is 35.8 Å². The second-order valence-corrected chi connectivity index (χ2v) is 10.0. The molecule has 182 valence electrons. The number of fused-ring (bicyclic) bond motifs is 3. The van der Waals surface area contributed by atoms with E-state index in [-0.39, 0.29) is 23.5 Å². The minimum atomic E-state index is -0.399. The van der Waals surface area contributed by atoms with Crippen LogP contribution in [-0.4, -0.2) is 77.7 Å². The highest BCUT2D eigenvalue weighted by Crippen LogP contribution is 2.36. The van der Waals surface area contributed by atoms with Crippen LogP contribution in [0.15, 0.2) is 58.5 Å². The molecular weight excluding hydrogens is 462 g/mol. The van der Waals surface area contributed by atoms with Gasteiger partial charge in [0.15, 0.2) is 5.17 Å². The van der Waals surface area contributed by atoms with Crippen LogP contribution in [0.5, 0.6) is 5.75 Å². The van der Waals surface area contributed by atoms with Crippen molar-refractivity contribution in [3.05, 3.63) is 54.1 Å². The molecule has 9 heteroatoms. The molecule has 0 aromatic heterocycles. The number of aliphatic imine (C=N–C) groups is 2. The van der Waals surface area contributed by atoms with Gasteiger partial charge in [-0.2, -0.15) is 4.99 Å². The minimum Gasteiger partial charge on any atom is -0.495 e. The van der Waals surface area contributed by atoms with Crippen molar-refractivity contribution in [2.24, 2.45) is 15.9 Å². The number of para-hydroxylation sites is 3. The highest BCUT2D eigenvalue weighted by Gasteiger charge is 2.43. The van der Waals surface area contributed by atoms with Crippen molar-refractivity contribution in [2.75, 3.05) is 43.9 Å². The molecule has 35 heavy (non-hydrogen) atoms. The maximum absolute atomic E-state index is 13.1. The van der Waals surface area contributed by atoms with Crippen LogP contribution in [0.2, 0.25) is 0 Å². The second kappa shape index (κ2) is 9.73. The van der Waals surface area contributed by atoms with E-state index in [4.69, 9.17) is 9.73 Å². The zero-order valence-electron chi connectivity index (χ0n) is 20.2. The molecule has 1 unspecified atom stereocenters. The Morgan fingerprint density at radius 2 is 1.77 bits per heavy atom. The summed E-state index contributed by atoms with van der Waals surface area (Å²) in [5.41, 5.74) is 2.68. The Bertz CT molecular complexity index is 1200. The molecule has 3 aliphatic rings. The van der Waals surface area contributed by atoms with E-state index in [1.54, 1.807) is 7.11 Å². The molecule has 8 nitrogen and oxygen atoms in total. The average molecular weight is 492 g/mol. The number of nitrogens with zero attached hydrogens (tertiary/aromatic N) is 5. The van der Waals surface area contributed by atoms with E-state index in [2.05, 4.69) is 9.89 Å². The number of anilines is 1. The Morgan fingerprint density at radius 3 is 2.51 bits per heavy atom. The standard InChI is InChI=1S/C26H29N5O3S/c1-17(2)23-25(33)28-24-18-8-4-5-9-19(18)27-26(31(23)24)35-16-22(32)30-14-12-29(13-15-30)20-10-6-7-11-21(20)34-3/h4-11,17,23H,12-16H2,1-3H3. The van der Waals surface area contributed by atoms with E-state index in [9.17, 15) is 9.59 Å². The highest BCUT2D eigenvalue weighted by atomic mass is 32.2. The summed E-state index contributed by atoms with van der Waals surface area (Å²) in [5.74, 6) is 1.73. The van der Waals surface area contributed by atoms with Crippen LogP contribution in [0.4, 0.5) is 11.4 Å². The van der Waals surface area contributed by atoms with Gasteiger partial charge in [0.1, 0.15) is 17.6 Å². The van der Waals surface area contributed by atoms with Crippen LogP contribution in [0.3, 0.4) is 0 Å². The number of carbonyl (C=O) groups is 2. The second-order valence-electron chi connectivity index (χ2n) is 9.07. The van der Waals surface area contributed by atoms with Gasteiger partial charge in [0.05, 0.1) is 24.2 Å². The van der Waals surface area contributed by atoms with Gasteiger partial charge in [0, 0.05) is 31.7 Å². The fourth-order valence-electron chi connectivity index (χ4n) is 4.77. The molecule has 0 N–H and O–H groups in total. The summed E-state index contributed by atoms with van der Waals surface area (Å²) in [4.78, 5) is 41.1. The molecule has 3 heterocycles. The molecule has 0 radical (unpaired) electrons. The first-order chi connectivity index (χ1) is 17.0. The number of hydrogen-bond acceptors (Lipinski definition) is 7. The smallest absolute Gasteiger partial charge is 0.271 e. The minimum absolute atomic E-state index is 0.0681. The Kier molecular flexibility index (Phi) is 6.51. The number of benzene rings is 2. The van der Waals surface area contributed by atoms with Crippen molar-refractivity contribution in [3.8, 4) is 5.75 Å². The summed E-state index contributed by atoms with van der Waals surface area (Å²) in [5, 5.41) is 0.660. The number of amides is 2. The lowest BCUT2D eigenvalue weighted by Gasteiger charge is -2.37. The number of carbonyl (C=O) groups excluding carboxylic acids is 2. The third kappa shape index (κ3) is 4.40. The van der Waals surface area contributed by atoms with E-state index < -0.39 is 6.04 Å². The highest BCUT2D eigenvalue weighted by molar-refractivity contribution is 8.14. The zero-order valence-corrected chi connectivity index (χ0v) is 21.0. The fraction of sp³-hybridized carbons (Fsp3) is 0.385. The first-order valence-corrected chi connectivity index (χ1v) is 12.8. The Balaban J connectivity index is 1.27. The van der Waals surface area contributed by atoms with Gasteiger partial charge in [-0.25, -0.2) is 4.99 Å². The summed E-state index contributed by atoms with van der Waals surface area (Å²) in [7, 11) is 1.68. The van der Waals surface area contributed by atoms with Crippen molar-refractivity contribution >= 4 is 46.0 Å². The van der Waals surface area contributed by atoms with E-state index >= 15 is 0 Å². The molecule has 0 saturated carbocycles. The molecular formula is C26H29N5O3S. The van der Waals surface area contributed by atoms with Crippen LogP contribution in [0.1, 0.15) is 19.4 Å². The lowest BCUT2D eigenvalue weighted by molar-refractivity contribution is -0.128. The van der Waals surface area contributed by atoms with Gasteiger partial charge < -0.3 is 14.5 Å². The topological polar surface area (TPSA) is 77.8 Å². The summed E-state index contributed by atoms with van der Waals surface area (Å²) in [6.07, 6.45) is 0. The van der Waals surface area contributed by atoms with Gasteiger partial charge in [0.2, 0.25) is 5.91 Å². The molecule has 0 bridgehead atoms. The van der Waals surface area contributed by atoms with Gasteiger partial charge in [0.25, 0.3) is 5.91 Å². The number of ether oxygens (including phenoxy) is 1. The quantitative estimate of drug-likeness (QED) is 0.638. The third-order valence-electron chi connectivity index (χ3n) is 6.56. The summed E-state index contributed by atoms with van der Waals surface area (Å²) < 4.78 is 5.49. The number of rotatable bonds is 5. The third-order valence-corrected chi connectivity index (χ3v) is 7.49. The van der Waals surface area contributed by atoms with Gasteiger partial charge in [-0.15, -0.1) is 0 Å². The van der Waals surface area contributed by atoms with Crippen LogP contribution in [0.25, 0.3) is 0 Å². The van der Waals surface area contributed by atoms with E-state index in [1.165, 1.54) is 11.8 Å². The SMILES string of the molecule is COc1ccccc1N1CCN(C(=O)CSC2=Nc3ccccc3C3=NC(=O)C(C(C)C)N23)CC1. The van der Waals surface area contributed by atoms with Gasteiger partial charge in [-0.05, 0) is 30.2 Å². The fourth-order valence-corrected chi connectivity index (χ4v) is 5.71. The predicted molar refractivity (Wildman–Crippen MR) is 140 cm³/mol. The maximum atomic E-state index is 13.1. The number of hydrogen-bond donors (Lipinski definition) is 0. The number of methoxy groups -OCH3 is 1. The van der Waals surface area contributed by atoms with Crippen molar-refractivity contribution in [1.29, 1.82) is 0 Å². The first kappa shape index (κ1) is 23.4. The molecule has 1 atom stereocenters. The van der Waals surface area contributed by atoms with Crippen molar-refractivity contribution in [1.82, 2.24) is 9.80 Å². The molecule has 2 aromatic carbocycles. The van der Waals surface area contributed by atoms with Crippen LogP contribution in [0, 0.1) is 5.92 Å². The first-order valence-electron chi connectivity index (χ1n) is 11.9. The van der Waals surface area contributed by atoms with Crippen molar-refractivity contribution < 1.29 is 14.3 Å². The molecule has 0 aliphatic carbocycles. The lowest BCUT2D eigenvalue weighted by Crippen LogP contribution is -2.50. The maximum Gasteiger partial charge on any atom is 0.271 e. The summed E-state index contributed by atoms with van der Waals surface area (Å²) in [6.45, 7) is 6.81. The Hall–Kier alpha value is -3.33. The van der Waals surface area contributed by atoms with Crippen molar-refractivity contribution in [3.63, 3.8) is 0 Å². The number of thioether (sulfide) groups is 1. The number of amidine groups is 2. The molecule has 3 aliphatic heterocycles.